The predicted octanol–water partition coefficient (Wildman–Crippen LogP) is 3.93. The van der Waals surface area contributed by atoms with Crippen molar-refractivity contribution in [2.45, 2.75) is 6.54 Å². The zero-order chi connectivity index (χ0) is 12.4. The summed E-state index contributed by atoms with van der Waals surface area (Å²) in [5, 5.41) is 4.66. The Labute approximate surface area is 111 Å². The second-order valence-electron chi connectivity index (χ2n) is 4.42. The van der Waals surface area contributed by atoms with E-state index in [2.05, 4.69) is 64.2 Å². The van der Waals surface area contributed by atoms with Gasteiger partial charge in [0.15, 0.2) is 0 Å². The minimum absolute atomic E-state index is 0.898. The van der Waals surface area contributed by atoms with Gasteiger partial charge in [-0.25, -0.2) is 4.37 Å². The summed E-state index contributed by atoms with van der Waals surface area (Å²) in [6.45, 7) is 0.898. The molecule has 1 aromatic heterocycles. The van der Waals surface area contributed by atoms with Gasteiger partial charge in [0, 0.05) is 36.4 Å². The van der Waals surface area contributed by atoms with E-state index >= 15 is 0 Å². The Morgan fingerprint density at radius 1 is 1.11 bits per heavy atom. The third-order valence-electron chi connectivity index (χ3n) is 3.08. The molecular formula is C15H14N2S. The lowest BCUT2D eigenvalue weighted by Crippen LogP contribution is -2.15. The molecular weight excluding hydrogens is 240 g/mol. The van der Waals surface area contributed by atoms with Crippen LogP contribution in [0.15, 0.2) is 54.0 Å². The molecule has 0 spiro atoms. The van der Waals surface area contributed by atoms with Crippen LogP contribution < -0.4 is 4.90 Å². The monoisotopic (exact) mass is 254 g/mol. The van der Waals surface area contributed by atoms with E-state index < -0.39 is 0 Å². The van der Waals surface area contributed by atoms with Crippen LogP contribution >= 0.6 is 11.5 Å². The Morgan fingerprint density at radius 2 is 1.94 bits per heavy atom. The molecule has 0 N–H and O–H groups in total. The molecule has 0 fully saturated rings. The average molecular weight is 254 g/mol. The summed E-state index contributed by atoms with van der Waals surface area (Å²) in [7, 11) is 2.11. The SMILES string of the molecule is CN(Cc1cnsc1)c1ccc2ccccc2c1. The fraction of sp³-hybridized carbons (Fsp3) is 0.133. The molecule has 0 amide bonds. The molecule has 0 aliphatic heterocycles. The van der Waals surface area contributed by atoms with Crippen molar-refractivity contribution in [3.63, 3.8) is 0 Å². The number of hydrogen-bond donors (Lipinski definition) is 0. The minimum Gasteiger partial charge on any atom is -0.370 e. The Bertz CT molecular complexity index is 646. The lowest BCUT2D eigenvalue weighted by molar-refractivity contribution is 0.926. The molecule has 18 heavy (non-hydrogen) atoms. The number of aromatic nitrogens is 1. The molecule has 0 aliphatic rings. The van der Waals surface area contributed by atoms with Crippen LogP contribution in [0.5, 0.6) is 0 Å². The standard InChI is InChI=1S/C15H14N2S/c1-17(10-12-9-16-18-11-12)15-7-6-13-4-2-3-5-14(13)8-15/h2-9,11H,10H2,1H3. The fourth-order valence-electron chi connectivity index (χ4n) is 2.08. The summed E-state index contributed by atoms with van der Waals surface area (Å²) < 4.78 is 4.13. The molecule has 3 rings (SSSR count). The zero-order valence-corrected chi connectivity index (χ0v) is 11.0. The van der Waals surface area contributed by atoms with Gasteiger partial charge in [0.25, 0.3) is 0 Å². The van der Waals surface area contributed by atoms with Crippen LogP contribution in [0.3, 0.4) is 0 Å². The first-order valence-electron chi connectivity index (χ1n) is 5.91. The van der Waals surface area contributed by atoms with Gasteiger partial charge in [-0.15, -0.1) is 0 Å². The normalized spacial score (nSPS) is 10.7. The lowest BCUT2D eigenvalue weighted by atomic mass is 10.1. The number of fused-ring (bicyclic) bond motifs is 1. The van der Waals surface area contributed by atoms with Crippen molar-refractivity contribution in [1.29, 1.82) is 0 Å². The Kier molecular flexibility index (Phi) is 2.99. The van der Waals surface area contributed by atoms with E-state index in [4.69, 9.17) is 0 Å². The molecule has 2 nitrogen and oxygen atoms in total. The number of anilines is 1. The van der Waals surface area contributed by atoms with Crippen molar-refractivity contribution < 1.29 is 0 Å². The Balaban J connectivity index is 1.89. The van der Waals surface area contributed by atoms with Gasteiger partial charge in [0.2, 0.25) is 0 Å². The maximum Gasteiger partial charge on any atom is 0.0456 e. The summed E-state index contributed by atoms with van der Waals surface area (Å²) in [6.07, 6.45) is 1.93. The first kappa shape index (κ1) is 11.2. The summed E-state index contributed by atoms with van der Waals surface area (Å²) >= 11 is 1.50. The summed E-state index contributed by atoms with van der Waals surface area (Å²) in [6, 6.07) is 15.0. The summed E-state index contributed by atoms with van der Waals surface area (Å²) in [5.41, 5.74) is 2.50. The maximum atomic E-state index is 4.13. The number of hydrogen-bond acceptors (Lipinski definition) is 3. The van der Waals surface area contributed by atoms with Gasteiger partial charge in [-0.05, 0) is 34.4 Å². The first-order chi connectivity index (χ1) is 8.83. The summed E-state index contributed by atoms with van der Waals surface area (Å²) in [4.78, 5) is 2.25. The molecule has 0 radical (unpaired) electrons. The van der Waals surface area contributed by atoms with Crippen LogP contribution in [0.2, 0.25) is 0 Å². The Hall–Kier alpha value is -1.87. The molecule has 90 valence electrons. The van der Waals surface area contributed by atoms with Crippen LogP contribution in [0, 0.1) is 0 Å². The minimum atomic E-state index is 0.898. The van der Waals surface area contributed by atoms with Crippen LogP contribution in [0.4, 0.5) is 5.69 Å². The highest BCUT2D eigenvalue weighted by Crippen LogP contribution is 2.22. The van der Waals surface area contributed by atoms with Crippen LogP contribution in [0.25, 0.3) is 10.8 Å². The largest absolute Gasteiger partial charge is 0.370 e. The predicted molar refractivity (Wildman–Crippen MR) is 78.2 cm³/mol. The molecule has 2 aromatic carbocycles. The van der Waals surface area contributed by atoms with E-state index in [1.807, 2.05) is 6.20 Å². The highest BCUT2D eigenvalue weighted by molar-refractivity contribution is 7.03. The third-order valence-corrected chi connectivity index (χ3v) is 3.71. The molecule has 3 aromatic rings. The van der Waals surface area contributed by atoms with Crippen molar-refractivity contribution in [1.82, 2.24) is 4.37 Å². The van der Waals surface area contributed by atoms with Gasteiger partial charge < -0.3 is 4.90 Å². The van der Waals surface area contributed by atoms with E-state index in [9.17, 15) is 0 Å². The van der Waals surface area contributed by atoms with Crippen LogP contribution in [-0.4, -0.2) is 11.4 Å². The number of benzene rings is 2. The molecule has 1 heterocycles. The first-order valence-corrected chi connectivity index (χ1v) is 6.75. The number of nitrogens with zero attached hydrogens (tertiary/aromatic N) is 2. The van der Waals surface area contributed by atoms with Gasteiger partial charge >= 0.3 is 0 Å². The molecule has 0 aliphatic carbocycles. The third kappa shape index (κ3) is 2.22. The highest BCUT2D eigenvalue weighted by atomic mass is 32.1. The molecule has 0 unspecified atom stereocenters. The molecule has 0 saturated heterocycles. The zero-order valence-electron chi connectivity index (χ0n) is 10.2. The van der Waals surface area contributed by atoms with E-state index in [1.165, 1.54) is 33.6 Å². The fourth-order valence-corrected chi connectivity index (χ4v) is 2.61. The lowest BCUT2D eigenvalue weighted by Gasteiger charge is -2.19. The summed E-state index contributed by atoms with van der Waals surface area (Å²) in [5.74, 6) is 0. The molecule has 0 bridgehead atoms. The highest BCUT2D eigenvalue weighted by Gasteiger charge is 2.03. The van der Waals surface area contributed by atoms with E-state index in [-0.39, 0.29) is 0 Å². The molecule has 3 heteroatoms. The van der Waals surface area contributed by atoms with E-state index in [0.29, 0.717) is 0 Å². The van der Waals surface area contributed by atoms with Crippen molar-refractivity contribution in [3.05, 3.63) is 59.6 Å². The Morgan fingerprint density at radius 3 is 2.72 bits per heavy atom. The second kappa shape index (κ2) is 4.78. The smallest absolute Gasteiger partial charge is 0.0456 e. The van der Waals surface area contributed by atoms with E-state index in [1.54, 1.807) is 0 Å². The van der Waals surface area contributed by atoms with Gasteiger partial charge in [0.05, 0.1) is 0 Å². The molecule has 0 saturated carbocycles. The van der Waals surface area contributed by atoms with Crippen molar-refractivity contribution >= 4 is 28.0 Å². The molecule has 0 atom stereocenters. The van der Waals surface area contributed by atoms with Crippen molar-refractivity contribution in [2.24, 2.45) is 0 Å². The van der Waals surface area contributed by atoms with Gasteiger partial charge in [-0.3, -0.25) is 0 Å². The topological polar surface area (TPSA) is 16.1 Å². The van der Waals surface area contributed by atoms with Crippen molar-refractivity contribution in [2.75, 3.05) is 11.9 Å². The maximum absolute atomic E-state index is 4.13. The van der Waals surface area contributed by atoms with Gasteiger partial charge in [-0.2, -0.15) is 0 Å². The van der Waals surface area contributed by atoms with Gasteiger partial charge in [-0.1, -0.05) is 30.3 Å². The van der Waals surface area contributed by atoms with E-state index in [0.717, 1.165) is 6.54 Å². The van der Waals surface area contributed by atoms with Crippen LogP contribution in [-0.2, 0) is 6.54 Å². The van der Waals surface area contributed by atoms with Crippen LogP contribution in [0.1, 0.15) is 5.56 Å². The number of rotatable bonds is 3. The quantitative estimate of drug-likeness (QED) is 0.704. The van der Waals surface area contributed by atoms with Gasteiger partial charge in [0.1, 0.15) is 0 Å². The average Bonchev–Trinajstić information content (AvgIpc) is 2.91. The second-order valence-corrected chi connectivity index (χ2v) is 5.08. The van der Waals surface area contributed by atoms with Crippen molar-refractivity contribution in [3.8, 4) is 0 Å².